The predicted molar refractivity (Wildman–Crippen MR) is 73.6 cm³/mol. The average Bonchev–Trinajstić information content (AvgIpc) is 2.56. The second-order valence-corrected chi connectivity index (χ2v) is 5.19. The van der Waals surface area contributed by atoms with Crippen LogP contribution >= 0.6 is 0 Å². The summed E-state index contributed by atoms with van der Waals surface area (Å²) in [5.41, 5.74) is -5.05. The first-order valence-electron chi connectivity index (χ1n) is 6.96. The second kappa shape index (κ2) is 7.44. The van der Waals surface area contributed by atoms with Crippen LogP contribution in [0.25, 0.3) is 0 Å². The minimum absolute atomic E-state index is 0.0915. The average molecular weight is 414 g/mol. The Morgan fingerprint density at radius 1 is 0.607 bits per heavy atom. The summed E-state index contributed by atoms with van der Waals surface area (Å²) in [7, 11) is 0. The van der Waals surface area contributed by atoms with Crippen LogP contribution in [0, 0.1) is 11.6 Å². The molecule has 0 aliphatic heterocycles. The molecule has 0 aliphatic rings. The van der Waals surface area contributed by atoms with Gasteiger partial charge in [0.15, 0.2) is 0 Å². The highest BCUT2D eigenvalue weighted by atomic mass is 19.4. The number of hydrogen-bond donors (Lipinski definition) is 0. The lowest BCUT2D eigenvalue weighted by Gasteiger charge is -2.10. The smallest absolute Gasteiger partial charge is 0.242 e. The lowest BCUT2D eigenvalue weighted by atomic mass is 10.1. The van der Waals surface area contributed by atoms with E-state index >= 15 is 0 Å². The molecule has 28 heavy (non-hydrogen) atoms. The fourth-order valence-electron chi connectivity index (χ4n) is 1.91. The minimum Gasteiger partial charge on any atom is -0.242 e. The topological polar surface area (TPSA) is 52.6 Å². The van der Waals surface area contributed by atoms with Gasteiger partial charge in [-0.3, -0.25) is 0 Å². The molecule has 0 saturated carbocycles. The van der Waals surface area contributed by atoms with E-state index in [4.69, 9.17) is 0 Å². The van der Waals surface area contributed by atoms with Gasteiger partial charge in [0, 0.05) is 0 Å². The molecule has 0 amide bonds. The molecule has 0 fully saturated rings. The normalized spacial score (nSPS) is 11.9. The summed E-state index contributed by atoms with van der Waals surface area (Å²) < 4.78 is 102. The molecule has 12 heteroatoms. The quantitative estimate of drug-likeness (QED) is 0.397. The molecule has 0 saturated heterocycles. The molecule has 150 valence electrons. The molecular weight excluding hydrogens is 408 g/mol. The Labute approximate surface area is 150 Å². The molecular formula is C16H6F8O4. The van der Waals surface area contributed by atoms with Crippen LogP contribution in [0.15, 0.2) is 36.4 Å². The molecule has 0 unspecified atom stereocenters. The number of benzene rings is 2. The van der Waals surface area contributed by atoms with Gasteiger partial charge < -0.3 is 0 Å². The van der Waals surface area contributed by atoms with Gasteiger partial charge in [0.1, 0.15) is 11.6 Å². The van der Waals surface area contributed by atoms with E-state index < -0.39 is 58.2 Å². The van der Waals surface area contributed by atoms with Crippen LogP contribution in [0.4, 0.5) is 35.1 Å². The molecule has 2 rings (SSSR count). The lowest BCUT2D eigenvalue weighted by Crippen LogP contribution is -2.15. The van der Waals surface area contributed by atoms with Crippen molar-refractivity contribution in [3.63, 3.8) is 0 Å². The Bertz CT molecular complexity index is 842. The summed E-state index contributed by atoms with van der Waals surface area (Å²) >= 11 is 0. The molecule has 0 radical (unpaired) electrons. The highest BCUT2D eigenvalue weighted by molar-refractivity contribution is 5.92. The lowest BCUT2D eigenvalue weighted by molar-refractivity contribution is -0.187. The fraction of sp³-hybridized carbons (Fsp3) is 0.125. The van der Waals surface area contributed by atoms with E-state index in [1.54, 1.807) is 0 Å². The van der Waals surface area contributed by atoms with Crippen LogP contribution in [0.2, 0.25) is 0 Å². The summed E-state index contributed by atoms with van der Waals surface area (Å²) in [6.45, 7) is 0. The van der Waals surface area contributed by atoms with Crippen molar-refractivity contribution < 1.29 is 54.5 Å². The number of carbonyl (C=O) groups excluding carboxylic acids is 2. The van der Waals surface area contributed by atoms with Crippen LogP contribution in [0.3, 0.4) is 0 Å². The van der Waals surface area contributed by atoms with E-state index in [0.29, 0.717) is 12.1 Å². The molecule has 0 N–H and O–H groups in total. The molecule has 0 aromatic heterocycles. The van der Waals surface area contributed by atoms with Gasteiger partial charge >= 0.3 is 24.3 Å². The van der Waals surface area contributed by atoms with Crippen LogP contribution < -0.4 is 0 Å². The second-order valence-electron chi connectivity index (χ2n) is 5.19. The minimum atomic E-state index is -5.00. The number of hydrogen-bond acceptors (Lipinski definition) is 4. The predicted octanol–water partition coefficient (Wildman–Crippen LogP) is 4.93. The largest absolute Gasteiger partial charge is 0.416 e. The third-order valence-corrected chi connectivity index (χ3v) is 3.11. The van der Waals surface area contributed by atoms with E-state index in [0.717, 1.165) is 0 Å². The van der Waals surface area contributed by atoms with Crippen molar-refractivity contribution in [3.05, 3.63) is 70.3 Å². The summed E-state index contributed by atoms with van der Waals surface area (Å²) in [4.78, 5) is 31.0. The van der Waals surface area contributed by atoms with Gasteiger partial charge in [-0.05, 0) is 36.4 Å². The first kappa shape index (κ1) is 21.1. The van der Waals surface area contributed by atoms with Crippen LogP contribution in [-0.2, 0) is 22.1 Å². The van der Waals surface area contributed by atoms with Gasteiger partial charge in [0.25, 0.3) is 0 Å². The maximum Gasteiger partial charge on any atom is 0.416 e. The molecule has 0 aliphatic carbocycles. The van der Waals surface area contributed by atoms with Crippen molar-refractivity contribution in [1.29, 1.82) is 0 Å². The van der Waals surface area contributed by atoms with Crippen molar-refractivity contribution in [2.45, 2.75) is 12.4 Å². The maximum atomic E-state index is 13.2. The van der Waals surface area contributed by atoms with E-state index in [2.05, 4.69) is 9.78 Å². The molecule has 0 bridgehead atoms. The van der Waals surface area contributed by atoms with E-state index in [1.165, 1.54) is 0 Å². The zero-order valence-corrected chi connectivity index (χ0v) is 13.1. The maximum absolute atomic E-state index is 13.2. The van der Waals surface area contributed by atoms with E-state index in [9.17, 15) is 44.7 Å². The Morgan fingerprint density at radius 2 is 0.929 bits per heavy atom. The highest BCUT2D eigenvalue weighted by Crippen LogP contribution is 2.31. The van der Waals surface area contributed by atoms with E-state index in [1.807, 2.05) is 0 Å². The van der Waals surface area contributed by atoms with Crippen molar-refractivity contribution >= 4 is 11.9 Å². The Hall–Kier alpha value is -3.18. The van der Waals surface area contributed by atoms with Crippen molar-refractivity contribution in [3.8, 4) is 0 Å². The molecule has 4 nitrogen and oxygen atoms in total. The standard InChI is InChI=1S/C16H6F8O4/c17-11-3-7(1-9(5-11)15(19,20)21)13(25)27-28-14(26)8-2-10(16(22,23)24)6-12(18)4-8/h1-6H. The summed E-state index contributed by atoms with van der Waals surface area (Å²) in [6.07, 6.45) is -9.99. The first-order chi connectivity index (χ1) is 12.8. The monoisotopic (exact) mass is 414 g/mol. The SMILES string of the molecule is O=C(OOC(=O)c1cc(F)cc(C(F)(F)F)c1)c1cc(F)cc(C(F)(F)F)c1. The van der Waals surface area contributed by atoms with Gasteiger partial charge in [0.05, 0.1) is 22.3 Å². The van der Waals surface area contributed by atoms with Crippen LogP contribution in [0.1, 0.15) is 31.8 Å². The van der Waals surface area contributed by atoms with Crippen LogP contribution in [0.5, 0.6) is 0 Å². The van der Waals surface area contributed by atoms with Gasteiger partial charge in [-0.1, -0.05) is 0 Å². The molecule has 2 aromatic rings. The number of alkyl halides is 6. The number of halogens is 8. The molecule has 0 atom stereocenters. The third kappa shape index (κ3) is 5.18. The molecule has 0 heterocycles. The Balaban J connectivity index is 2.17. The summed E-state index contributed by atoms with van der Waals surface area (Å²) in [5.74, 6) is -6.39. The van der Waals surface area contributed by atoms with Gasteiger partial charge in [-0.2, -0.15) is 26.3 Å². The number of rotatable bonds is 2. The highest BCUT2D eigenvalue weighted by Gasteiger charge is 2.33. The summed E-state index contributed by atoms with van der Waals surface area (Å²) in [5, 5.41) is 0. The van der Waals surface area contributed by atoms with Crippen molar-refractivity contribution in [2.24, 2.45) is 0 Å². The Morgan fingerprint density at radius 3 is 1.21 bits per heavy atom. The van der Waals surface area contributed by atoms with Crippen molar-refractivity contribution in [2.75, 3.05) is 0 Å². The zero-order valence-electron chi connectivity index (χ0n) is 13.1. The van der Waals surface area contributed by atoms with Crippen LogP contribution in [-0.4, -0.2) is 11.9 Å². The number of carbonyl (C=O) groups is 2. The summed E-state index contributed by atoms with van der Waals surface area (Å²) in [6, 6.07) is 1.26. The van der Waals surface area contributed by atoms with E-state index in [-0.39, 0.29) is 24.3 Å². The van der Waals surface area contributed by atoms with Gasteiger partial charge in [0.2, 0.25) is 0 Å². The zero-order chi connectivity index (χ0) is 21.3. The fourth-order valence-corrected chi connectivity index (χ4v) is 1.91. The molecule has 0 spiro atoms. The Kier molecular flexibility index (Phi) is 5.62. The first-order valence-corrected chi connectivity index (χ1v) is 6.96. The molecule has 2 aromatic carbocycles. The van der Waals surface area contributed by atoms with Gasteiger partial charge in [-0.15, -0.1) is 0 Å². The van der Waals surface area contributed by atoms with Crippen molar-refractivity contribution in [1.82, 2.24) is 0 Å². The van der Waals surface area contributed by atoms with Gasteiger partial charge in [-0.25, -0.2) is 28.1 Å². The third-order valence-electron chi connectivity index (χ3n) is 3.11.